The van der Waals surface area contributed by atoms with Gasteiger partial charge >= 0.3 is 0 Å². The van der Waals surface area contributed by atoms with Crippen LogP contribution in [0.1, 0.15) is 31.4 Å². The first-order valence-electron chi connectivity index (χ1n) is 8.81. The number of hydrogen-bond acceptors (Lipinski definition) is 4. The van der Waals surface area contributed by atoms with E-state index in [2.05, 4.69) is 43.8 Å². The Labute approximate surface area is 141 Å². The summed E-state index contributed by atoms with van der Waals surface area (Å²) in [5, 5.41) is 0. The van der Waals surface area contributed by atoms with Crippen LogP contribution >= 0.6 is 0 Å². The lowest BCUT2D eigenvalue weighted by molar-refractivity contribution is 0.238. The van der Waals surface area contributed by atoms with Gasteiger partial charge in [0.25, 0.3) is 0 Å². The maximum atomic E-state index is 4.78. The summed E-state index contributed by atoms with van der Waals surface area (Å²) in [6.45, 7) is 2.41. The zero-order valence-electron chi connectivity index (χ0n) is 13.7. The Kier molecular flexibility index (Phi) is 3.16. The van der Waals surface area contributed by atoms with Crippen LogP contribution in [0.5, 0.6) is 0 Å². The smallest absolute Gasteiger partial charge is 0.137 e. The van der Waals surface area contributed by atoms with Crippen molar-refractivity contribution in [3.05, 3.63) is 48.9 Å². The summed E-state index contributed by atoms with van der Waals surface area (Å²) in [4.78, 5) is 15.7. The molecule has 5 nitrogen and oxygen atoms in total. The summed E-state index contributed by atoms with van der Waals surface area (Å²) >= 11 is 0. The lowest BCUT2D eigenvalue weighted by Gasteiger charge is -2.23. The van der Waals surface area contributed by atoms with E-state index >= 15 is 0 Å². The molecule has 1 saturated heterocycles. The summed E-state index contributed by atoms with van der Waals surface area (Å²) in [6, 6.07) is 4.16. The number of likely N-dealkylation sites (tertiary alicyclic amines) is 1. The van der Waals surface area contributed by atoms with E-state index in [-0.39, 0.29) is 0 Å². The van der Waals surface area contributed by atoms with Crippen LogP contribution in [0.25, 0.3) is 16.8 Å². The highest BCUT2D eigenvalue weighted by Gasteiger charge is 2.49. The molecule has 0 atom stereocenters. The second-order valence-corrected chi connectivity index (χ2v) is 7.11. The Morgan fingerprint density at radius 1 is 1.00 bits per heavy atom. The first kappa shape index (κ1) is 14.1. The van der Waals surface area contributed by atoms with Gasteiger partial charge in [0, 0.05) is 54.4 Å². The van der Waals surface area contributed by atoms with Crippen LogP contribution < -0.4 is 0 Å². The minimum absolute atomic E-state index is 0.583. The molecule has 1 aliphatic carbocycles. The lowest BCUT2D eigenvalue weighted by atomic mass is 10.1. The highest BCUT2D eigenvalue weighted by atomic mass is 15.2. The van der Waals surface area contributed by atoms with Gasteiger partial charge in [-0.05, 0) is 44.4 Å². The van der Waals surface area contributed by atoms with Crippen LogP contribution in [0, 0.1) is 0 Å². The molecule has 2 aliphatic rings. The van der Waals surface area contributed by atoms with Crippen molar-refractivity contribution in [1.82, 2.24) is 24.3 Å². The monoisotopic (exact) mass is 319 g/mol. The van der Waals surface area contributed by atoms with Crippen molar-refractivity contribution in [1.29, 1.82) is 0 Å². The number of hydrogen-bond donors (Lipinski definition) is 0. The Morgan fingerprint density at radius 3 is 2.71 bits per heavy atom. The molecule has 0 aromatic carbocycles. The van der Waals surface area contributed by atoms with Crippen LogP contribution in [0.2, 0.25) is 0 Å². The molecule has 1 saturated carbocycles. The third-order valence-corrected chi connectivity index (χ3v) is 5.60. The van der Waals surface area contributed by atoms with Crippen LogP contribution in [-0.2, 0) is 6.42 Å². The number of rotatable bonds is 4. The average Bonchev–Trinajstić information content (AvgIpc) is 3.12. The zero-order valence-corrected chi connectivity index (χ0v) is 13.7. The van der Waals surface area contributed by atoms with Crippen LogP contribution in [0.3, 0.4) is 0 Å². The highest BCUT2D eigenvalue weighted by molar-refractivity contribution is 5.62. The van der Waals surface area contributed by atoms with E-state index < -0.39 is 0 Å². The average molecular weight is 319 g/mol. The fourth-order valence-corrected chi connectivity index (χ4v) is 4.09. The molecule has 5 rings (SSSR count). The van der Waals surface area contributed by atoms with Crippen molar-refractivity contribution >= 4 is 5.65 Å². The third kappa shape index (κ3) is 2.40. The van der Waals surface area contributed by atoms with Gasteiger partial charge in [-0.3, -0.25) is 4.90 Å². The van der Waals surface area contributed by atoms with Gasteiger partial charge in [-0.25, -0.2) is 15.0 Å². The van der Waals surface area contributed by atoms with Crippen LogP contribution in [0.4, 0.5) is 0 Å². The second-order valence-electron chi connectivity index (χ2n) is 7.11. The van der Waals surface area contributed by atoms with E-state index in [1.165, 1.54) is 37.9 Å². The van der Waals surface area contributed by atoms with Crippen LogP contribution in [0.15, 0.2) is 43.2 Å². The van der Waals surface area contributed by atoms with Crippen molar-refractivity contribution in [2.24, 2.45) is 0 Å². The van der Waals surface area contributed by atoms with E-state index in [0.717, 1.165) is 29.7 Å². The molecule has 2 fully saturated rings. The Bertz CT molecular complexity index is 866. The van der Waals surface area contributed by atoms with E-state index in [1.807, 2.05) is 12.4 Å². The summed E-state index contributed by atoms with van der Waals surface area (Å²) < 4.78 is 2.12. The molecular weight excluding hydrogens is 298 g/mol. The molecule has 5 heteroatoms. The predicted octanol–water partition coefficient (Wildman–Crippen LogP) is 2.96. The normalized spacial score (nSPS) is 19.3. The Hall–Kier alpha value is -2.27. The Balaban J connectivity index is 1.36. The van der Waals surface area contributed by atoms with Gasteiger partial charge in [0.2, 0.25) is 0 Å². The third-order valence-electron chi connectivity index (χ3n) is 5.60. The SMILES string of the molecule is c1ncc(-c2ccc3nc(CCN4CCCC45CC5)cn3c2)cn1. The van der Waals surface area contributed by atoms with Crippen molar-refractivity contribution < 1.29 is 0 Å². The molecule has 1 spiro atoms. The molecule has 1 aliphatic heterocycles. The molecule has 0 unspecified atom stereocenters. The molecule has 3 aromatic rings. The number of pyridine rings is 1. The minimum atomic E-state index is 0.583. The Morgan fingerprint density at radius 2 is 1.88 bits per heavy atom. The lowest BCUT2D eigenvalue weighted by Crippen LogP contribution is -2.32. The van der Waals surface area contributed by atoms with Crippen molar-refractivity contribution in [2.75, 3.05) is 13.1 Å². The van der Waals surface area contributed by atoms with Gasteiger partial charge in [-0.15, -0.1) is 0 Å². The minimum Gasteiger partial charge on any atom is -0.306 e. The van der Waals surface area contributed by atoms with Gasteiger partial charge in [0.15, 0.2) is 0 Å². The molecule has 0 N–H and O–H groups in total. The van der Waals surface area contributed by atoms with E-state index in [1.54, 1.807) is 6.33 Å². The quantitative estimate of drug-likeness (QED) is 0.742. The van der Waals surface area contributed by atoms with Gasteiger partial charge in [0.1, 0.15) is 12.0 Å². The molecule has 4 heterocycles. The fraction of sp³-hybridized carbons (Fsp3) is 0.421. The molecule has 0 radical (unpaired) electrons. The summed E-state index contributed by atoms with van der Waals surface area (Å²) in [5.74, 6) is 0. The summed E-state index contributed by atoms with van der Waals surface area (Å²) in [7, 11) is 0. The number of aromatic nitrogens is 4. The topological polar surface area (TPSA) is 46.3 Å². The standard InChI is InChI=1S/C19H21N5/c1-5-19(6-7-19)24(8-1)9-4-17-13-23-12-15(2-3-18(23)22-17)16-10-20-14-21-11-16/h2-3,10-14H,1,4-9H2. The number of imidazole rings is 1. The van der Waals surface area contributed by atoms with E-state index in [9.17, 15) is 0 Å². The predicted molar refractivity (Wildman–Crippen MR) is 92.7 cm³/mol. The second kappa shape index (κ2) is 5.38. The van der Waals surface area contributed by atoms with Gasteiger partial charge in [0.05, 0.1) is 5.69 Å². The first-order chi connectivity index (χ1) is 11.8. The van der Waals surface area contributed by atoms with Gasteiger partial charge in [-0.2, -0.15) is 0 Å². The fourth-order valence-electron chi connectivity index (χ4n) is 4.09. The molecule has 3 aromatic heterocycles. The summed E-state index contributed by atoms with van der Waals surface area (Å²) in [5.41, 5.74) is 4.91. The van der Waals surface area contributed by atoms with E-state index in [0.29, 0.717) is 5.54 Å². The van der Waals surface area contributed by atoms with E-state index in [4.69, 9.17) is 4.98 Å². The maximum Gasteiger partial charge on any atom is 0.137 e. The van der Waals surface area contributed by atoms with Gasteiger partial charge < -0.3 is 4.40 Å². The highest BCUT2D eigenvalue weighted by Crippen LogP contribution is 2.49. The van der Waals surface area contributed by atoms with Gasteiger partial charge in [-0.1, -0.05) is 0 Å². The molecule has 122 valence electrons. The zero-order chi connectivity index (χ0) is 16.0. The number of fused-ring (bicyclic) bond motifs is 1. The largest absolute Gasteiger partial charge is 0.306 e. The summed E-state index contributed by atoms with van der Waals surface area (Å²) in [6.07, 6.45) is 16.1. The van der Waals surface area contributed by atoms with Crippen molar-refractivity contribution in [3.8, 4) is 11.1 Å². The first-order valence-corrected chi connectivity index (χ1v) is 8.81. The van der Waals surface area contributed by atoms with Crippen LogP contribution in [-0.4, -0.2) is 42.9 Å². The molecule has 0 amide bonds. The molecule has 0 bridgehead atoms. The molecule has 24 heavy (non-hydrogen) atoms. The molecular formula is C19H21N5. The number of nitrogens with zero attached hydrogens (tertiary/aromatic N) is 5. The van der Waals surface area contributed by atoms with Crippen molar-refractivity contribution in [3.63, 3.8) is 0 Å². The maximum absolute atomic E-state index is 4.78. The van der Waals surface area contributed by atoms with Crippen molar-refractivity contribution in [2.45, 2.75) is 37.6 Å².